The average Bonchev–Trinajstić information content (AvgIpc) is 2.82. The molecule has 0 bridgehead atoms. The maximum Gasteiger partial charge on any atom is 0.335 e. The summed E-state index contributed by atoms with van der Waals surface area (Å²) in [6.07, 6.45) is 0. The van der Waals surface area contributed by atoms with E-state index in [4.69, 9.17) is 5.11 Å². The SMILES string of the molecule is O=C(O)c1ccc(S(=O)(=O)NCc2csc(=O)[nH]2)c(F)c1. The number of aromatic carboxylic acids is 1. The van der Waals surface area contributed by atoms with Crippen LogP contribution in [0.2, 0.25) is 0 Å². The summed E-state index contributed by atoms with van der Waals surface area (Å²) in [6, 6.07) is 2.49. The molecule has 0 saturated carbocycles. The number of halogens is 1. The van der Waals surface area contributed by atoms with E-state index in [0.29, 0.717) is 11.8 Å². The van der Waals surface area contributed by atoms with Crippen molar-refractivity contribution in [3.05, 3.63) is 50.3 Å². The van der Waals surface area contributed by atoms with Gasteiger partial charge >= 0.3 is 10.8 Å². The Hall–Kier alpha value is -2.04. The molecule has 0 unspecified atom stereocenters. The summed E-state index contributed by atoms with van der Waals surface area (Å²) < 4.78 is 39.7. The van der Waals surface area contributed by atoms with Gasteiger partial charge in [-0.1, -0.05) is 11.3 Å². The molecule has 7 nitrogen and oxygen atoms in total. The Morgan fingerprint density at radius 2 is 2.14 bits per heavy atom. The number of nitrogens with one attached hydrogen (secondary N) is 2. The molecule has 0 radical (unpaired) electrons. The smallest absolute Gasteiger partial charge is 0.335 e. The van der Waals surface area contributed by atoms with Crippen molar-refractivity contribution in [2.24, 2.45) is 0 Å². The molecule has 1 heterocycles. The molecule has 0 aliphatic rings. The van der Waals surface area contributed by atoms with E-state index in [1.807, 2.05) is 0 Å². The largest absolute Gasteiger partial charge is 0.478 e. The van der Waals surface area contributed by atoms with Gasteiger partial charge in [-0.15, -0.1) is 0 Å². The van der Waals surface area contributed by atoms with Gasteiger partial charge in [0.15, 0.2) is 0 Å². The van der Waals surface area contributed by atoms with Gasteiger partial charge in [-0.2, -0.15) is 0 Å². The number of carbonyl (C=O) groups is 1. The van der Waals surface area contributed by atoms with Crippen molar-refractivity contribution < 1.29 is 22.7 Å². The number of sulfonamides is 1. The third-order valence-corrected chi connectivity index (χ3v) is 4.64. The second kappa shape index (κ2) is 5.76. The minimum absolute atomic E-state index is 0.207. The number of H-pyrrole nitrogens is 1. The first-order valence-corrected chi connectivity index (χ1v) is 7.85. The molecule has 0 atom stereocenters. The minimum Gasteiger partial charge on any atom is -0.478 e. The summed E-state index contributed by atoms with van der Waals surface area (Å²) in [5.41, 5.74) is -0.00949. The van der Waals surface area contributed by atoms with Gasteiger partial charge in [0.1, 0.15) is 10.7 Å². The monoisotopic (exact) mass is 332 g/mol. The first-order valence-electron chi connectivity index (χ1n) is 5.49. The van der Waals surface area contributed by atoms with Crippen LogP contribution in [0.15, 0.2) is 33.3 Å². The highest BCUT2D eigenvalue weighted by Gasteiger charge is 2.20. The van der Waals surface area contributed by atoms with Crippen molar-refractivity contribution in [3.8, 4) is 0 Å². The maximum absolute atomic E-state index is 13.7. The maximum atomic E-state index is 13.7. The number of thiazole rings is 1. The Bertz CT molecular complexity index is 840. The first-order chi connectivity index (χ1) is 9.79. The summed E-state index contributed by atoms with van der Waals surface area (Å²) in [4.78, 5) is 23.0. The van der Waals surface area contributed by atoms with Crippen molar-refractivity contribution in [1.29, 1.82) is 0 Å². The van der Waals surface area contributed by atoms with Crippen molar-refractivity contribution in [3.63, 3.8) is 0 Å². The molecule has 0 aliphatic carbocycles. The molecule has 112 valence electrons. The van der Waals surface area contributed by atoms with Crippen LogP contribution in [0, 0.1) is 5.82 Å². The Morgan fingerprint density at radius 1 is 1.43 bits per heavy atom. The van der Waals surface area contributed by atoms with Gasteiger partial charge in [0.05, 0.1) is 12.1 Å². The highest BCUT2D eigenvalue weighted by molar-refractivity contribution is 7.89. The van der Waals surface area contributed by atoms with Crippen LogP contribution in [-0.4, -0.2) is 24.5 Å². The highest BCUT2D eigenvalue weighted by atomic mass is 32.2. The Labute approximate surface area is 122 Å². The standard InChI is InChI=1S/C11H9FN2O5S2/c12-8-3-6(10(15)16)1-2-9(8)21(18,19)13-4-7-5-20-11(17)14-7/h1-3,5,13H,4H2,(H,14,17)(H,15,16). The zero-order valence-electron chi connectivity index (χ0n) is 10.3. The summed E-state index contributed by atoms with van der Waals surface area (Å²) in [7, 11) is -4.16. The van der Waals surface area contributed by atoms with E-state index < -0.39 is 26.7 Å². The predicted molar refractivity (Wildman–Crippen MR) is 72.3 cm³/mol. The summed E-state index contributed by atoms with van der Waals surface area (Å²) in [5, 5.41) is 10.1. The van der Waals surface area contributed by atoms with Crippen molar-refractivity contribution in [2.45, 2.75) is 11.4 Å². The quantitative estimate of drug-likeness (QED) is 0.747. The van der Waals surface area contributed by atoms with Gasteiger partial charge in [0.25, 0.3) is 0 Å². The predicted octanol–water partition coefficient (Wildman–Crippen LogP) is 0.752. The van der Waals surface area contributed by atoms with Crippen LogP contribution in [0.1, 0.15) is 16.1 Å². The number of rotatable bonds is 5. The van der Waals surface area contributed by atoms with Crippen LogP contribution in [0.25, 0.3) is 0 Å². The zero-order chi connectivity index (χ0) is 15.6. The van der Waals surface area contributed by atoms with E-state index in [1.54, 1.807) is 0 Å². The second-order valence-electron chi connectivity index (χ2n) is 3.95. The Morgan fingerprint density at radius 3 is 2.67 bits per heavy atom. The van der Waals surface area contributed by atoms with Crippen molar-refractivity contribution in [1.82, 2.24) is 9.71 Å². The summed E-state index contributed by atoms with van der Waals surface area (Å²) in [6.45, 7) is -0.207. The molecule has 0 saturated heterocycles. The molecule has 2 rings (SSSR count). The van der Waals surface area contributed by atoms with E-state index in [1.165, 1.54) is 5.38 Å². The van der Waals surface area contributed by atoms with Crippen molar-refractivity contribution >= 4 is 27.3 Å². The lowest BCUT2D eigenvalue weighted by Gasteiger charge is -2.07. The molecule has 0 aliphatic heterocycles. The van der Waals surface area contributed by atoms with Crippen LogP contribution in [0.3, 0.4) is 0 Å². The number of carboxylic acids is 1. The van der Waals surface area contributed by atoms with Crippen molar-refractivity contribution in [2.75, 3.05) is 0 Å². The number of hydrogen-bond acceptors (Lipinski definition) is 5. The van der Waals surface area contributed by atoms with Gasteiger partial charge in [0, 0.05) is 11.1 Å². The molecule has 1 aromatic carbocycles. The van der Waals surface area contributed by atoms with Crippen LogP contribution >= 0.6 is 11.3 Å². The molecule has 2 aromatic rings. The van der Waals surface area contributed by atoms with E-state index in [-0.39, 0.29) is 17.0 Å². The Balaban J connectivity index is 2.23. The van der Waals surface area contributed by atoms with Gasteiger partial charge < -0.3 is 10.1 Å². The van der Waals surface area contributed by atoms with Gasteiger partial charge in [-0.3, -0.25) is 4.79 Å². The number of carboxylic acid groups (broad SMARTS) is 1. The van der Waals surface area contributed by atoms with E-state index in [0.717, 1.165) is 23.5 Å². The molecular weight excluding hydrogens is 323 g/mol. The van der Waals surface area contributed by atoms with E-state index in [9.17, 15) is 22.4 Å². The number of aromatic nitrogens is 1. The molecule has 0 spiro atoms. The van der Waals surface area contributed by atoms with E-state index in [2.05, 4.69) is 9.71 Å². The molecule has 0 amide bonds. The topological polar surface area (TPSA) is 116 Å². The molecular formula is C11H9FN2O5S2. The third-order valence-electron chi connectivity index (χ3n) is 2.49. The zero-order valence-corrected chi connectivity index (χ0v) is 11.9. The lowest BCUT2D eigenvalue weighted by Crippen LogP contribution is -2.24. The normalized spacial score (nSPS) is 11.5. The van der Waals surface area contributed by atoms with Gasteiger partial charge in [-0.05, 0) is 18.2 Å². The average molecular weight is 332 g/mol. The van der Waals surface area contributed by atoms with Crippen LogP contribution in [0.5, 0.6) is 0 Å². The molecule has 21 heavy (non-hydrogen) atoms. The number of hydrogen-bond donors (Lipinski definition) is 3. The fourth-order valence-electron chi connectivity index (χ4n) is 1.50. The van der Waals surface area contributed by atoms with Crippen LogP contribution in [-0.2, 0) is 16.6 Å². The fourth-order valence-corrected chi connectivity index (χ4v) is 3.15. The highest BCUT2D eigenvalue weighted by Crippen LogP contribution is 2.16. The molecule has 1 aromatic heterocycles. The first kappa shape index (κ1) is 15.4. The molecule has 3 N–H and O–H groups in total. The fraction of sp³-hybridized carbons (Fsp3) is 0.0909. The lowest BCUT2D eigenvalue weighted by molar-refractivity contribution is 0.0696. The number of benzene rings is 1. The van der Waals surface area contributed by atoms with Crippen LogP contribution < -0.4 is 9.60 Å². The summed E-state index contributed by atoms with van der Waals surface area (Å²) in [5.74, 6) is -2.53. The third kappa shape index (κ3) is 3.54. The Kier molecular flexibility index (Phi) is 4.21. The lowest BCUT2D eigenvalue weighted by atomic mass is 10.2. The summed E-state index contributed by atoms with van der Waals surface area (Å²) >= 11 is 0.874. The minimum atomic E-state index is -4.16. The van der Waals surface area contributed by atoms with Gasteiger partial charge in [-0.25, -0.2) is 22.3 Å². The molecule has 10 heteroatoms. The number of aromatic amines is 1. The van der Waals surface area contributed by atoms with Crippen LogP contribution in [0.4, 0.5) is 4.39 Å². The van der Waals surface area contributed by atoms with Gasteiger partial charge in [0.2, 0.25) is 10.0 Å². The second-order valence-corrected chi connectivity index (χ2v) is 6.53. The molecule has 0 fully saturated rings. The van der Waals surface area contributed by atoms with E-state index >= 15 is 0 Å².